The van der Waals surface area contributed by atoms with E-state index >= 15 is 0 Å². The summed E-state index contributed by atoms with van der Waals surface area (Å²) >= 11 is 1.21. The zero-order chi connectivity index (χ0) is 18.9. The van der Waals surface area contributed by atoms with E-state index in [0.717, 1.165) is 39.6 Å². The molecular formula is C17H21N3O4S2. The fourth-order valence-corrected chi connectivity index (χ4v) is 5.41. The molecule has 0 unspecified atom stereocenters. The predicted octanol–water partition coefficient (Wildman–Crippen LogP) is 3.54. The standard InChI is InChI=1S/C17H21N3O4S2/c1-10-14(12(3)23-19-10)6-5-9-18-26(21,22)16-8-7-15(25-16)17-11(2)20-24-13(17)4/h7-8,18H,5-6,9H2,1-4H3. The largest absolute Gasteiger partial charge is 0.361 e. The Labute approximate surface area is 156 Å². The molecule has 3 aromatic rings. The van der Waals surface area contributed by atoms with Crippen LogP contribution in [0.1, 0.15) is 34.9 Å². The first-order chi connectivity index (χ1) is 12.3. The lowest BCUT2D eigenvalue weighted by Crippen LogP contribution is -2.24. The molecular weight excluding hydrogens is 374 g/mol. The van der Waals surface area contributed by atoms with Crippen molar-refractivity contribution < 1.29 is 17.5 Å². The summed E-state index contributed by atoms with van der Waals surface area (Å²) in [6.07, 6.45) is 1.39. The van der Waals surface area contributed by atoms with Crippen molar-refractivity contribution in [3.8, 4) is 10.4 Å². The SMILES string of the molecule is Cc1noc(C)c1CCCNS(=O)(=O)c1ccc(-c2c(C)noc2C)s1. The highest BCUT2D eigenvalue weighted by Crippen LogP contribution is 2.34. The number of rotatable bonds is 7. The first-order valence-electron chi connectivity index (χ1n) is 8.24. The molecule has 26 heavy (non-hydrogen) atoms. The summed E-state index contributed by atoms with van der Waals surface area (Å²) in [7, 11) is -3.54. The number of aryl methyl sites for hydroxylation is 4. The molecule has 1 N–H and O–H groups in total. The van der Waals surface area contributed by atoms with Crippen LogP contribution in [0.3, 0.4) is 0 Å². The van der Waals surface area contributed by atoms with Crippen LogP contribution >= 0.6 is 11.3 Å². The maximum Gasteiger partial charge on any atom is 0.250 e. The van der Waals surface area contributed by atoms with Crippen LogP contribution in [0.2, 0.25) is 0 Å². The van der Waals surface area contributed by atoms with Crippen LogP contribution < -0.4 is 4.72 Å². The van der Waals surface area contributed by atoms with Crippen LogP contribution in [-0.2, 0) is 16.4 Å². The van der Waals surface area contributed by atoms with Gasteiger partial charge in [-0.25, -0.2) is 13.1 Å². The first kappa shape index (κ1) is 18.8. The van der Waals surface area contributed by atoms with Gasteiger partial charge in [0, 0.05) is 17.0 Å². The topological polar surface area (TPSA) is 98.2 Å². The van der Waals surface area contributed by atoms with E-state index in [0.29, 0.717) is 18.7 Å². The molecule has 0 aromatic carbocycles. The molecule has 3 aromatic heterocycles. The molecule has 0 saturated heterocycles. The van der Waals surface area contributed by atoms with Crippen LogP contribution in [0.5, 0.6) is 0 Å². The Hall–Kier alpha value is -1.97. The summed E-state index contributed by atoms with van der Waals surface area (Å²) in [5.41, 5.74) is 3.50. The molecule has 7 nitrogen and oxygen atoms in total. The molecule has 140 valence electrons. The Balaban J connectivity index is 1.64. The smallest absolute Gasteiger partial charge is 0.250 e. The first-order valence-corrected chi connectivity index (χ1v) is 10.5. The summed E-state index contributed by atoms with van der Waals surface area (Å²) < 4.78 is 38.2. The number of hydrogen-bond acceptors (Lipinski definition) is 7. The molecule has 0 spiro atoms. The van der Waals surface area contributed by atoms with Gasteiger partial charge in [-0.15, -0.1) is 11.3 Å². The zero-order valence-electron chi connectivity index (χ0n) is 15.1. The fraction of sp³-hybridized carbons (Fsp3) is 0.412. The minimum atomic E-state index is -3.54. The van der Waals surface area contributed by atoms with Crippen molar-refractivity contribution in [1.29, 1.82) is 0 Å². The van der Waals surface area contributed by atoms with Crippen molar-refractivity contribution in [1.82, 2.24) is 15.0 Å². The van der Waals surface area contributed by atoms with Gasteiger partial charge < -0.3 is 9.05 Å². The van der Waals surface area contributed by atoms with Gasteiger partial charge in [0.15, 0.2) is 0 Å². The maximum absolute atomic E-state index is 12.5. The van der Waals surface area contributed by atoms with E-state index in [4.69, 9.17) is 9.05 Å². The summed E-state index contributed by atoms with van der Waals surface area (Å²) in [5.74, 6) is 1.47. The van der Waals surface area contributed by atoms with Crippen molar-refractivity contribution in [3.63, 3.8) is 0 Å². The van der Waals surface area contributed by atoms with Gasteiger partial charge in [-0.2, -0.15) is 0 Å². The average molecular weight is 396 g/mol. The molecule has 0 amide bonds. The highest BCUT2D eigenvalue weighted by Gasteiger charge is 2.20. The van der Waals surface area contributed by atoms with Crippen molar-refractivity contribution in [2.45, 2.75) is 44.7 Å². The van der Waals surface area contributed by atoms with Gasteiger partial charge in [0.25, 0.3) is 0 Å². The predicted molar refractivity (Wildman–Crippen MR) is 98.8 cm³/mol. The van der Waals surface area contributed by atoms with E-state index in [2.05, 4.69) is 15.0 Å². The van der Waals surface area contributed by atoms with Gasteiger partial charge in [-0.05, 0) is 52.7 Å². The van der Waals surface area contributed by atoms with Crippen molar-refractivity contribution in [3.05, 3.63) is 40.6 Å². The quantitative estimate of drug-likeness (QED) is 0.615. The van der Waals surface area contributed by atoms with Crippen LogP contribution in [0, 0.1) is 27.7 Å². The molecule has 0 fully saturated rings. The third kappa shape index (κ3) is 3.74. The second kappa shape index (κ2) is 7.34. The maximum atomic E-state index is 12.5. The Morgan fingerprint density at radius 3 is 2.35 bits per heavy atom. The number of hydrogen-bond donors (Lipinski definition) is 1. The lowest BCUT2D eigenvalue weighted by molar-refractivity contribution is 0.392. The highest BCUT2D eigenvalue weighted by molar-refractivity contribution is 7.91. The lowest BCUT2D eigenvalue weighted by atomic mass is 10.1. The number of nitrogens with zero attached hydrogens (tertiary/aromatic N) is 2. The Morgan fingerprint density at radius 2 is 1.73 bits per heavy atom. The van der Waals surface area contributed by atoms with Crippen LogP contribution in [-0.4, -0.2) is 25.3 Å². The normalized spacial score (nSPS) is 12.0. The van der Waals surface area contributed by atoms with Crippen molar-refractivity contribution in [2.75, 3.05) is 6.54 Å². The van der Waals surface area contributed by atoms with Crippen LogP contribution in [0.25, 0.3) is 10.4 Å². The van der Waals surface area contributed by atoms with Gasteiger partial charge in [0.05, 0.1) is 17.0 Å². The third-order valence-corrected chi connectivity index (χ3v) is 7.26. The van der Waals surface area contributed by atoms with E-state index in [-0.39, 0.29) is 4.21 Å². The van der Waals surface area contributed by atoms with E-state index in [1.54, 1.807) is 12.1 Å². The summed E-state index contributed by atoms with van der Waals surface area (Å²) in [6.45, 7) is 7.76. The molecule has 3 rings (SSSR count). The zero-order valence-corrected chi connectivity index (χ0v) is 16.8. The van der Waals surface area contributed by atoms with E-state index in [1.807, 2.05) is 27.7 Å². The van der Waals surface area contributed by atoms with Gasteiger partial charge in [-0.1, -0.05) is 10.3 Å². The molecule has 0 aliphatic heterocycles. The number of thiophene rings is 1. The van der Waals surface area contributed by atoms with Crippen LogP contribution in [0.4, 0.5) is 0 Å². The molecule has 0 saturated carbocycles. The van der Waals surface area contributed by atoms with Gasteiger partial charge in [0.1, 0.15) is 15.7 Å². The molecule has 0 radical (unpaired) electrons. The summed E-state index contributed by atoms with van der Waals surface area (Å²) in [4.78, 5) is 0.831. The van der Waals surface area contributed by atoms with Crippen molar-refractivity contribution >= 4 is 21.4 Å². The minimum absolute atomic E-state index is 0.282. The minimum Gasteiger partial charge on any atom is -0.361 e. The average Bonchev–Trinajstić information content (AvgIpc) is 3.26. The van der Waals surface area contributed by atoms with E-state index in [9.17, 15) is 8.42 Å². The Bertz CT molecular complexity index is 976. The lowest BCUT2D eigenvalue weighted by Gasteiger charge is -2.04. The Kier molecular flexibility index (Phi) is 5.31. The third-order valence-electron chi connectivity index (χ3n) is 4.20. The molecule has 0 aliphatic carbocycles. The number of nitrogens with one attached hydrogen (secondary N) is 1. The number of aromatic nitrogens is 2. The molecule has 0 aliphatic rings. The van der Waals surface area contributed by atoms with Gasteiger partial charge >= 0.3 is 0 Å². The molecule has 0 bridgehead atoms. The van der Waals surface area contributed by atoms with Gasteiger partial charge in [0.2, 0.25) is 10.0 Å². The van der Waals surface area contributed by atoms with Gasteiger partial charge in [-0.3, -0.25) is 0 Å². The Morgan fingerprint density at radius 1 is 1.04 bits per heavy atom. The molecule has 3 heterocycles. The number of sulfonamides is 1. The summed E-state index contributed by atoms with van der Waals surface area (Å²) in [5, 5.41) is 7.82. The van der Waals surface area contributed by atoms with E-state index < -0.39 is 10.0 Å². The second-order valence-corrected chi connectivity index (χ2v) is 9.20. The summed E-state index contributed by atoms with van der Waals surface area (Å²) in [6, 6.07) is 3.40. The highest BCUT2D eigenvalue weighted by atomic mass is 32.2. The monoisotopic (exact) mass is 395 g/mol. The van der Waals surface area contributed by atoms with Crippen LogP contribution in [0.15, 0.2) is 25.4 Å². The van der Waals surface area contributed by atoms with E-state index in [1.165, 1.54) is 11.3 Å². The molecule has 0 atom stereocenters. The second-order valence-electron chi connectivity index (χ2n) is 6.12. The van der Waals surface area contributed by atoms with Crippen molar-refractivity contribution in [2.24, 2.45) is 0 Å². The fourth-order valence-electron chi connectivity index (χ4n) is 2.84. The molecule has 9 heteroatoms.